The number of hydrogen-bond acceptors (Lipinski definition) is 1. The molecule has 1 saturated heterocycles. The van der Waals surface area contributed by atoms with Crippen molar-refractivity contribution in [2.24, 2.45) is 17.3 Å². The van der Waals surface area contributed by atoms with E-state index >= 15 is 0 Å². The third-order valence-electron chi connectivity index (χ3n) is 4.64. The highest BCUT2D eigenvalue weighted by Gasteiger charge is 2.72. The first-order chi connectivity index (χ1) is 5.05. The van der Waals surface area contributed by atoms with E-state index in [1.807, 2.05) is 0 Å². The van der Waals surface area contributed by atoms with Gasteiger partial charge in [0.05, 0.1) is 11.7 Å². The SMILES string of the molecule is CC12OC1C[C@H]1C[C@@H]2C1(C)C. The van der Waals surface area contributed by atoms with E-state index < -0.39 is 0 Å². The number of hydrogen-bond donors (Lipinski definition) is 0. The summed E-state index contributed by atoms with van der Waals surface area (Å²) in [4.78, 5) is 0. The van der Waals surface area contributed by atoms with Crippen molar-refractivity contribution in [1.82, 2.24) is 0 Å². The summed E-state index contributed by atoms with van der Waals surface area (Å²) in [6.45, 7) is 7.13. The zero-order chi connectivity index (χ0) is 7.85. The third kappa shape index (κ3) is 0.516. The molecule has 3 aliphatic carbocycles. The standard InChI is InChI=1S/C10H16O/c1-9(2)6-4-7(9)10(3)8(5-6)11-10/h6-8H,4-5H2,1-3H3/t6-,7-,8?,10?/m1/s1. The minimum absolute atomic E-state index is 0.304. The van der Waals surface area contributed by atoms with Crippen molar-refractivity contribution in [2.45, 2.75) is 45.3 Å². The number of epoxide rings is 1. The van der Waals surface area contributed by atoms with Crippen LogP contribution in [0.3, 0.4) is 0 Å². The van der Waals surface area contributed by atoms with E-state index in [1.54, 1.807) is 0 Å². The Morgan fingerprint density at radius 3 is 2.36 bits per heavy atom. The maximum atomic E-state index is 5.75. The van der Waals surface area contributed by atoms with Crippen molar-refractivity contribution >= 4 is 0 Å². The molecule has 4 rings (SSSR count). The fraction of sp³-hybridized carbons (Fsp3) is 1.00. The van der Waals surface area contributed by atoms with Crippen LogP contribution < -0.4 is 0 Å². The van der Waals surface area contributed by atoms with E-state index in [1.165, 1.54) is 12.8 Å². The minimum Gasteiger partial charge on any atom is -0.366 e. The quantitative estimate of drug-likeness (QED) is 0.485. The Balaban J connectivity index is 1.98. The van der Waals surface area contributed by atoms with Crippen LogP contribution in [-0.4, -0.2) is 11.7 Å². The van der Waals surface area contributed by atoms with Gasteiger partial charge in [-0.1, -0.05) is 13.8 Å². The second kappa shape index (κ2) is 1.39. The normalized spacial score (nSPS) is 63.0. The molecule has 0 N–H and O–H groups in total. The van der Waals surface area contributed by atoms with Crippen LogP contribution in [0.2, 0.25) is 0 Å². The molecule has 1 aliphatic heterocycles. The van der Waals surface area contributed by atoms with Gasteiger partial charge in [-0.15, -0.1) is 0 Å². The van der Waals surface area contributed by atoms with E-state index in [4.69, 9.17) is 4.74 Å². The molecule has 3 saturated carbocycles. The van der Waals surface area contributed by atoms with Gasteiger partial charge in [-0.05, 0) is 37.0 Å². The lowest BCUT2D eigenvalue weighted by Crippen LogP contribution is -2.56. The van der Waals surface area contributed by atoms with Gasteiger partial charge in [0.25, 0.3) is 0 Å². The maximum Gasteiger partial charge on any atom is 0.0953 e. The first-order valence-corrected chi connectivity index (χ1v) is 4.73. The molecule has 0 aromatic carbocycles. The zero-order valence-electron chi connectivity index (χ0n) is 7.55. The topological polar surface area (TPSA) is 12.5 Å². The molecule has 2 unspecified atom stereocenters. The van der Waals surface area contributed by atoms with Gasteiger partial charge in [-0.2, -0.15) is 0 Å². The molecule has 4 fully saturated rings. The van der Waals surface area contributed by atoms with Gasteiger partial charge in [-0.25, -0.2) is 0 Å². The lowest BCUT2D eigenvalue weighted by atomic mass is 9.46. The van der Waals surface area contributed by atoms with Gasteiger partial charge < -0.3 is 4.74 Å². The Bertz CT molecular complexity index is 216. The van der Waals surface area contributed by atoms with Crippen molar-refractivity contribution in [2.75, 3.05) is 0 Å². The highest BCUT2D eigenvalue weighted by molar-refractivity contribution is 5.20. The van der Waals surface area contributed by atoms with Gasteiger partial charge in [0.1, 0.15) is 0 Å². The van der Waals surface area contributed by atoms with Gasteiger partial charge in [0.15, 0.2) is 0 Å². The first kappa shape index (κ1) is 6.47. The molecule has 1 heteroatoms. The van der Waals surface area contributed by atoms with Gasteiger partial charge in [0, 0.05) is 0 Å². The monoisotopic (exact) mass is 152 g/mol. The van der Waals surface area contributed by atoms with Crippen LogP contribution in [0.15, 0.2) is 0 Å². The summed E-state index contributed by atoms with van der Waals surface area (Å²) in [7, 11) is 0. The summed E-state index contributed by atoms with van der Waals surface area (Å²) >= 11 is 0. The van der Waals surface area contributed by atoms with Crippen LogP contribution in [0, 0.1) is 17.3 Å². The Labute approximate surface area is 68.1 Å². The average Bonchev–Trinajstić information content (AvgIpc) is 2.58. The molecule has 62 valence electrons. The molecule has 1 heterocycles. The van der Waals surface area contributed by atoms with Crippen molar-refractivity contribution in [3.8, 4) is 0 Å². The van der Waals surface area contributed by atoms with Crippen molar-refractivity contribution < 1.29 is 4.74 Å². The summed E-state index contributed by atoms with van der Waals surface area (Å²) in [6, 6.07) is 0. The molecule has 0 aromatic heterocycles. The summed E-state index contributed by atoms with van der Waals surface area (Å²) < 4.78 is 5.75. The predicted octanol–water partition coefficient (Wildman–Crippen LogP) is 2.21. The Morgan fingerprint density at radius 1 is 1.18 bits per heavy atom. The molecule has 0 spiro atoms. The summed E-state index contributed by atoms with van der Waals surface area (Å²) in [5, 5.41) is 0. The molecule has 4 atom stereocenters. The third-order valence-corrected chi connectivity index (χ3v) is 4.64. The fourth-order valence-electron chi connectivity index (χ4n) is 3.51. The largest absolute Gasteiger partial charge is 0.366 e. The molecule has 0 radical (unpaired) electrons. The molecule has 11 heavy (non-hydrogen) atoms. The van der Waals surface area contributed by atoms with Gasteiger partial charge in [0.2, 0.25) is 0 Å². The van der Waals surface area contributed by atoms with Crippen LogP contribution in [-0.2, 0) is 4.74 Å². The van der Waals surface area contributed by atoms with Crippen LogP contribution in [0.1, 0.15) is 33.6 Å². The molecule has 2 bridgehead atoms. The maximum absolute atomic E-state index is 5.75. The van der Waals surface area contributed by atoms with Crippen molar-refractivity contribution in [3.05, 3.63) is 0 Å². The Hall–Kier alpha value is -0.0400. The smallest absolute Gasteiger partial charge is 0.0953 e. The van der Waals surface area contributed by atoms with E-state index in [2.05, 4.69) is 20.8 Å². The van der Waals surface area contributed by atoms with Gasteiger partial charge >= 0.3 is 0 Å². The molecule has 0 aromatic rings. The molecular weight excluding hydrogens is 136 g/mol. The summed E-state index contributed by atoms with van der Waals surface area (Å²) in [6.07, 6.45) is 3.40. The second-order valence-corrected chi connectivity index (χ2v) is 5.33. The highest BCUT2D eigenvalue weighted by Crippen LogP contribution is 2.70. The molecule has 4 aliphatic rings. The highest BCUT2D eigenvalue weighted by atomic mass is 16.6. The predicted molar refractivity (Wildman–Crippen MR) is 43.3 cm³/mol. The molecule has 1 nitrogen and oxygen atoms in total. The fourth-order valence-corrected chi connectivity index (χ4v) is 3.51. The van der Waals surface area contributed by atoms with E-state index in [0.717, 1.165) is 11.8 Å². The minimum atomic E-state index is 0.304. The molecular formula is C10H16O. The van der Waals surface area contributed by atoms with E-state index in [0.29, 0.717) is 17.1 Å². The molecule has 0 amide bonds. The van der Waals surface area contributed by atoms with Crippen LogP contribution >= 0.6 is 0 Å². The van der Waals surface area contributed by atoms with E-state index in [9.17, 15) is 0 Å². The lowest BCUT2D eigenvalue weighted by molar-refractivity contribution is -0.0789. The average molecular weight is 152 g/mol. The van der Waals surface area contributed by atoms with Crippen molar-refractivity contribution in [1.29, 1.82) is 0 Å². The number of ether oxygens (including phenoxy) is 1. The number of rotatable bonds is 0. The van der Waals surface area contributed by atoms with Crippen LogP contribution in [0.4, 0.5) is 0 Å². The summed E-state index contributed by atoms with van der Waals surface area (Å²) in [5.74, 6) is 1.83. The lowest BCUT2D eigenvalue weighted by Gasteiger charge is -2.57. The van der Waals surface area contributed by atoms with E-state index in [-0.39, 0.29) is 0 Å². The van der Waals surface area contributed by atoms with Gasteiger partial charge in [-0.3, -0.25) is 0 Å². The van der Waals surface area contributed by atoms with Crippen molar-refractivity contribution in [3.63, 3.8) is 0 Å². The zero-order valence-corrected chi connectivity index (χ0v) is 7.55. The Morgan fingerprint density at radius 2 is 1.91 bits per heavy atom. The Kier molecular flexibility index (Phi) is 0.820. The first-order valence-electron chi connectivity index (χ1n) is 4.73. The summed E-state index contributed by atoms with van der Waals surface area (Å²) in [5.41, 5.74) is 0.889. The van der Waals surface area contributed by atoms with Crippen LogP contribution in [0.5, 0.6) is 0 Å². The van der Waals surface area contributed by atoms with Crippen LogP contribution in [0.25, 0.3) is 0 Å². The second-order valence-electron chi connectivity index (χ2n) is 5.33.